The average Bonchev–Trinajstić information content (AvgIpc) is 2.64. The van der Waals surface area contributed by atoms with Crippen molar-refractivity contribution in [1.29, 1.82) is 0 Å². The predicted octanol–water partition coefficient (Wildman–Crippen LogP) is 2.55. The van der Waals surface area contributed by atoms with E-state index in [0.717, 1.165) is 13.1 Å². The molecule has 2 atom stereocenters. The molecule has 2 rings (SSSR count). The van der Waals surface area contributed by atoms with Crippen molar-refractivity contribution >= 4 is 6.09 Å². The van der Waals surface area contributed by atoms with Crippen molar-refractivity contribution in [2.75, 3.05) is 13.1 Å². The highest BCUT2D eigenvalue weighted by Gasteiger charge is 2.43. The van der Waals surface area contributed by atoms with E-state index in [9.17, 15) is 4.79 Å². The summed E-state index contributed by atoms with van der Waals surface area (Å²) in [4.78, 5) is 13.3. The summed E-state index contributed by atoms with van der Waals surface area (Å²) in [5, 5.41) is 0. The maximum atomic E-state index is 11.0. The van der Waals surface area contributed by atoms with Gasteiger partial charge in [0.15, 0.2) is 0 Å². The lowest BCUT2D eigenvalue weighted by Gasteiger charge is -2.26. The normalized spacial score (nSPS) is 24.1. The smallest absolute Gasteiger partial charge is 0.404 e. The van der Waals surface area contributed by atoms with Gasteiger partial charge in [0.05, 0.1) is 0 Å². The van der Waals surface area contributed by atoms with Gasteiger partial charge in [0.1, 0.15) is 6.10 Å². The molecule has 0 radical (unpaired) electrons. The van der Waals surface area contributed by atoms with Crippen molar-refractivity contribution < 1.29 is 9.53 Å². The number of nitrogens with two attached hydrogens (primary N) is 1. The van der Waals surface area contributed by atoms with Crippen LogP contribution in [0.2, 0.25) is 0 Å². The fourth-order valence-electron chi connectivity index (χ4n) is 2.72. The Morgan fingerprint density at radius 2 is 2.05 bits per heavy atom. The van der Waals surface area contributed by atoms with Crippen LogP contribution in [0.3, 0.4) is 0 Å². The van der Waals surface area contributed by atoms with Crippen LogP contribution in [0.1, 0.15) is 32.4 Å². The van der Waals surface area contributed by atoms with Gasteiger partial charge in [0.25, 0.3) is 0 Å². The summed E-state index contributed by atoms with van der Waals surface area (Å²) in [6.45, 7) is 8.02. The molecule has 0 aliphatic carbocycles. The molecule has 0 bridgehead atoms. The zero-order valence-corrected chi connectivity index (χ0v) is 11.8. The third-order valence-corrected chi connectivity index (χ3v) is 3.97. The van der Waals surface area contributed by atoms with Gasteiger partial charge in [-0.15, -0.1) is 0 Å². The van der Waals surface area contributed by atoms with Gasteiger partial charge >= 0.3 is 6.09 Å². The van der Waals surface area contributed by atoms with Crippen molar-refractivity contribution in [3.63, 3.8) is 0 Å². The molecule has 0 aromatic heterocycles. The molecule has 1 saturated heterocycles. The Kier molecular flexibility index (Phi) is 3.80. The molecule has 0 spiro atoms. The highest BCUT2D eigenvalue weighted by molar-refractivity contribution is 5.65. The fraction of sp³-hybridized carbons (Fsp3) is 0.533. The van der Waals surface area contributed by atoms with Crippen LogP contribution in [0.4, 0.5) is 4.79 Å². The second-order valence-electron chi connectivity index (χ2n) is 5.93. The first kappa shape index (κ1) is 13.9. The van der Waals surface area contributed by atoms with Gasteiger partial charge in [-0.05, 0) is 12.5 Å². The highest BCUT2D eigenvalue weighted by Crippen LogP contribution is 2.36. The average molecular weight is 262 g/mol. The van der Waals surface area contributed by atoms with Crippen LogP contribution in [0, 0.1) is 5.41 Å². The highest BCUT2D eigenvalue weighted by atomic mass is 16.6. The SMILES string of the molecule is CC(c1ccccc1)N1C[C@@H](OC(N)=O)C(C)(C)C1. The number of amides is 1. The summed E-state index contributed by atoms with van der Waals surface area (Å²) in [5.74, 6) is 0. The molecule has 1 fully saturated rings. The number of benzene rings is 1. The number of hydrogen-bond acceptors (Lipinski definition) is 3. The summed E-state index contributed by atoms with van der Waals surface area (Å²) >= 11 is 0. The van der Waals surface area contributed by atoms with Crippen LogP contribution in [0.15, 0.2) is 30.3 Å². The van der Waals surface area contributed by atoms with Crippen LogP contribution >= 0.6 is 0 Å². The van der Waals surface area contributed by atoms with Gasteiger partial charge in [0, 0.05) is 24.5 Å². The summed E-state index contributed by atoms with van der Waals surface area (Å²) in [7, 11) is 0. The predicted molar refractivity (Wildman–Crippen MR) is 74.7 cm³/mol. The Bertz CT molecular complexity index is 445. The maximum absolute atomic E-state index is 11.0. The molecule has 0 saturated carbocycles. The minimum Gasteiger partial charge on any atom is -0.444 e. The summed E-state index contributed by atoms with van der Waals surface area (Å²) < 4.78 is 5.24. The fourth-order valence-corrected chi connectivity index (χ4v) is 2.72. The minimum absolute atomic E-state index is 0.0714. The molecular weight excluding hydrogens is 240 g/mol. The van der Waals surface area contributed by atoms with Crippen molar-refractivity contribution in [3.8, 4) is 0 Å². The molecule has 4 heteroatoms. The molecule has 1 aliphatic heterocycles. The Morgan fingerprint density at radius 1 is 1.42 bits per heavy atom. The number of carbonyl (C=O) groups is 1. The second kappa shape index (κ2) is 5.21. The molecule has 1 aromatic carbocycles. The van der Waals surface area contributed by atoms with Crippen molar-refractivity contribution in [2.24, 2.45) is 11.1 Å². The molecule has 2 N–H and O–H groups in total. The van der Waals surface area contributed by atoms with Crippen molar-refractivity contribution in [3.05, 3.63) is 35.9 Å². The van der Waals surface area contributed by atoms with E-state index in [1.165, 1.54) is 5.56 Å². The molecule has 1 heterocycles. The second-order valence-corrected chi connectivity index (χ2v) is 5.93. The first-order valence-electron chi connectivity index (χ1n) is 6.65. The first-order chi connectivity index (χ1) is 8.90. The summed E-state index contributed by atoms with van der Waals surface area (Å²) in [6, 6.07) is 10.7. The van der Waals surface area contributed by atoms with E-state index in [-0.39, 0.29) is 11.5 Å². The molecule has 19 heavy (non-hydrogen) atoms. The van der Waals surface area contributed by atoms with E-state index in [1.807, 2.05) is 18.2 Å². The van der Waals surface area contributed by atoms with Crippen LogP contribution in [0.5, 0.6) is 0 Å². The molecule has 1 aliphatic rings. The van der Waals surface area contributed by atoms with Gasteiger partial charge in [-0.1, -0.05) is 44.2 Å². The van der Waals surface area contributed by atoms with Gasteiger partial charge in [-0.2, -0.15) is 0 Å². The minimum atomic E-state index is -0.688. The Hall–Kier alpha value is -1.55. The molecule has 1 amide bonds. The lowest BCUT2D eigenvalue weighted by atomic mass is 9.90. The quantitative estimate of drug-likeness (QED) is 0.910. The standard InChI is InChI=1S/C15H22N2O2/c1-11(12-7-5-4-6-8-12)17-9-13(19-14(16)18)15(2,3)10-17/h4-8,11,13H,9-10H2,1-3H3,(H2,16,18)/t11?,13-/m1/s1. The zero-order valence-electron chi connectivity index (χ0n) is 11.8. The number of primary amides is 1. The summed E-state index contributed by atoms with van der Waals surface area (Å²) in [6.07, 6.45) is -0.830. The lowest BCUT2D eigenvalue weighted by Crippen LogP contribution is -2.34. The number of nitrogens with zero attached hydrogens (tertiary/aromatic N) is 1. The topological polar surface area (TPSA) is 55.6 Å². The van der Waals surface area contributed by atoms with E-state index < -0.39 is 6.09 Å². The van der Waals surface area contributed by atoms with E-state index in [0.29, 0.717) is 6.04 Å². The molecule has 1 aromatic rings. The molecule has 4 nitrogen and oxygen atoms in total. The van der Waals surface area contributed by atoms with E-state index in [1.54, 1.807) is 0 Å². The zero-order chi connectivity index (χ0) is 14.0. The third-order valence-electron chi connectivity index (χ3n) is 3.97. The molecule has 104 valence electrons. The number of carbonyl (C=O) groups excluding carboxylic acids is 1. The van der Waals surface area contributed by atoms with Crippen molar-refractivity contribution in [2.45, 2.75) is 32.9 Å². The van der Waals surface area contributed by atoms with Crippen LogP contribution in [-0.2, 0) is 4.74 Å². The van der Waals surface area contributed by atoms with Crippen LogP contribution in [-0.4, -0.2) is 30.2 Å². The van der Waals surface area contributed by atoms with Crippen molar-refractivity contribution in [1.82, 2.24) is 4.90 Å². The van der Waals surface area contributed by atoms with E-state index >= 15 is 0 Å². The largest absolute Gasteiger partial charge is 0.444 e. The number of likely N-dealkylation sites (tertiary alicyclic amines) is 1. The summed E-state index contributed by atoms with van der Waals surface area (Å²) in [5.41, 5.74) is 6.35. The van der Waals surface area contributed by atoms with Gasteiger partial charge in [-0.25, -0.2) is 4.79 Å². The Morgan fingerprint density at radius 3 is 2.63 bits per heavy atom. The lowest BCUT2D eigenvalue weighted by molar-refractivity contribution is 0.0598. The van der Waals surface area contributed by atoms with Gasteiger partial charge < -0.3 is 10.5 Å². The molecule has 1 unspecified atom stereocenters. The number of rotatable bonds is 3. The number of ether oxygens (including phenoxy) is 1. The number of hydrogen-bond donors (Lipinski definition) is 1. The first-order valence-corrected chi connectivity index (χ1v) is 6.65. The van der Waals surface area contributed by atoms with Gasteiger partial charge in [-0.3, -0.25) is 4.90 Å². The monoisotopic (exact) mass is 262 g/mol. The third kappa shape index (κ3) is 3.07. The van der Waals surface area contributed by atoms with Gasteiger partial charge in [0.2, 0.25) is 0 Å². The Balaban J connectivity index is 2.09. The Labute approximate surface area is 114 Å². The molecular formula is C15H22N2O2. The van der Waals surface area contributed by atoms with Crippen LogP contribution in [0.25, 0.3) is 0 Å². The van der Waals surface area contributed by atoms with Crippen LogP contribution < -0.4 is 5.73 Å². The maximum Gasteiger partial charge on any atom is 0.404 e. The van der Waals surface area contributed by atoms with E-state index in [4.69, 9.17) is 10.5 Å². The van der Waals surface area contributed by atoms with E-state index in [2.05, 4.69) is 37.8 Å².